The number of H-pyrrole nitrogens is 1. The smallest absolute Gasteiger partial charge is 0.0998 e. The predicted molar refractivity (Wildman–Crippen MR) is 57.1 cm³/mol. The average Bonchev–Trinajstić information content (AvgIpc) is 2.60. The molecule has 0 fully saturated rings. The number of nitrogens with zero attached hydrogens (tertiary/aromatic N) is 1. The van der Waals surface area contributed by atoms with Crippen LogP contribution < -0.4 is 0 Å². The summed E-state index contributed by atoms with van der Waals surface area (Å²) < 4.78 is 0. The number of hydrogen-bond donors (Lipinski definition) is 1. The van der Waals surface area contributed by atoms with Gasteiger partial charge in [0, 0.05) is 16.6 Å². The first-order chi connectivity index (χ1) is 6.72. The van der Waals surface area contributed by atoms with Crippen LogP contribution in [0.4, 0.5) is 0 Å². The first-order valence-corrected chi connectivity index (χ1v) is 4.74. The van der Waals surface area contributed by atoms with Crippen LogP contribution in [-0.4, -0.2) is 4.98 Å². The molecule has 1 N–H and O–H groups in total. The quantitative estimate of drug-likeness (QED) is 0.726. The molecule has 0 bridgehead atoms. The molecule has 0 aliphatic heterocycles. The third-order valence-electron chi connectivity index (χ3n) is 2.43. The Morgan fingerprint density at radius 1 is 1.36 bits per heavy atom. The van der Waals surface area contributed by atoms with Crippen molar-refractivity contribution < 1.29 is 0 Å². The fraction of sp³-hybridized carbons (Fsp3) is 0.250. The van der Waals surface area contributed by atoms with E-state index in [0.29, 0.717) is 5.92 Å². The maximum Gasteiger partial charge on any atom is 0.0998 e. The van der Waals surface area contributed by atoms with Gasteiger partial charge in [0.2, 0.25) is 0 Å². The molecule has 0 saturated carbocycles. The minimum atomic E-state index is 0.467. The lowest BCUT2D eigenvalue weighted by Crippen LogP contribution is -1.84. The van der Waals surface area contributed by atoms with Crippen molar-refractivity contribution in [2.75, 3.05) is 0 Å². The molecule has 0 radical (unpaired) electrons. The van der Waals surface area contributed by atoms with Crippen molar-refractivity contribution in [3.63, 3.8) is 0 Å². The number of fused-ring (bicyclic) bond motifs is 1. The van der Waals surface area contributed by atoms with Crippen molar-refractivity contribution >= 4 is 10.9 Å². The van der Waals surface area contributed by atoms with E-state index in [-0.39, 0.29) is 0 Å². The van der Waals surface area contributed by atoms with E-state index >= 15 is 0 Å². The van der Waals surface area contributed by atoms with Crippen LogP contribution in [0.2, 0.25) is 0 Å². The number of rotatable bonds is 1. The summed E-state index contributed by atoms with van der Waals surface area (Å²) in [7, 11) is 0. The Labute approximate surface area is 83.2 Å². The van der Waals surface area contributed by atoms with Crippen molar-refractivity contribution in [1.82, 2.24) is 4.98 Å². The Hall–Kier alpha value is -1.75. The van der Waals surface area contributed by atoms with Crippen LogP contribution in [0.25, 0.3) is 10.9 Å². The van der Waals surface area contributed by atoms with Gasteiger partial charge < -0.3 is 4.98 Å². The predicted octanol–water partition coefficient (Wildman–Crippen LogP) is 3.16. The van der Waals surface area contributed by atoms with Crippen LogP contribution in [0.1, 0.15) is 31.0 Å². The molecular weight excluding hydrogens is 172 g/mol. The third-order valence-corrected chi connectivity index (χ3v) is 2.43. The monoisotopic (exact) mass is 184 g/mol. The second-order valence-corrected chi connectivity index (χ2v) is 3.76. The van der Waals surface area contributed by atoms with Crippen LogP contribution in [0.5, 0.6) is 0 Å². The maximum atomic E-state index is 8.92. The fourth-order valence-electron chi connectivity index (χ4n) is 1.59. The Morgan fingerprint density at radius 3 is 2.79 bits per heavy atom. The number of nitrogens with one attached hydrogen (secondary N) is 1. The zero-order valence-corrected chi connectivity index (χ0v) is 8.33. The van der Waals surface area contributed by atoms with E-state index in [1.54, 1.807) is 0 Å². The standard InChI is InChI=1S/C12H12N2/c1-8(2)12-6-10-9(7-13)4-3-5-11(10)14-12/h3-6,8,14H,1-2H3. The highest BCUT2D eigenvalue weighted by Gasteiger charge is 2.06. The van der Waals surface area contributed by atoms with Crippen molar-refractivity contribution in [3.05, 3.63) is 35.5 Å². The number of nitriles is 1. The molecule has 0 amide bonds. The summed E-state index contributed by atoms with van der Waals surface area (Å²) in [6, 6.07) is 10.0. The molecule has 14 heavy (non-hydrogen) atoms. The van der Waals surface area contributed by atoms with Crippen molar-refractivity contribution in [2.45, 2.75) is 19.8 Å². The molecular formula is C12H12N2. The summed E-state index contributed by atoms with van der Waals surface area (Å²) in [4.78, 5) is 3.32. The molecule has 2 nitrogen and oxygen atoms in total. The number of aromatic amines is 1. The largest absolute Gasteiger partial charge is 0.358 e. The number of aromatic nitrogens is 1. The Bertz CT molecular complexity index is 501. The molecule has 1 heterocycles. The van der Waals surface area contributed by atoms with Crippen LogP contribution >= 0.6 is 0 Å². The van der Waals surface area contributed by atoms with Gasteiger partial charge in [-0.05, 0) is 24.1 Å². The summed E-state index contributed by atoms with van der Waals surface area (Å²) in [6.07, 6.45) is 0. The van der Waals surface area contributed by atoms with E-state index < -0.39 is 0 Å². The van der Waals surface area contributed by atoms with Crippen LogP contribution in [-0.2, 0) is 0 Å². The van der Waals surface area contributed by atoms with E-state index in [0.717, 1.165) is 16.5 Å². The first-order valence-electron chi connectivity index (χ1n) is 4.74. The van der Waals surface area contributed by atoms with Gasteiger partial charge in [-0.1, -0.05) is 19.9 Å². The SMILES string of the molecule is CC(C)c1cc2c(C#N)cccc2[nH]1. The van der Waals surface area contributed by atoms with Gasteiger partial charge >= 0.3 is 0 Å². The molecule has 0 aliphatic carbocycles. The highest BCUT2D eigenvalue weighted by atomic mass is 14.7. The minimum Gasteiger partial charge on any atom is -0.358 e. The molecule has 1 aromatic carbocycles. The lowest BCUT2D eigenvalue weighted by molar-refractivity contribution is 0.836. The normalized spacial score (nSPS) is 10.7. The zero-order valence-electron chi connectivity index (χ0n) is 8.33. The van der Waals surface area contributed by atoms with Crippen molar-refractivity contribution in [3.8, 4) is 6.07 Å². The molecule has 0 saturated heterocycles. The summed E-state index contributed by atoms with van der Waals surface area (Å²) in [5.74, 6) is 0.467. The van der Waals surface area contributed by atoms with Crippen molar-refractivity contribution in [1.29, 1.82) is 5.26 Å². The fourth-order valence-corrected chi connectivity index (χ4v) is 1.59. The molecule has 0 spiro atoms. The van der Waals surface area contributed by atoms with Gasteiger partial charge in [-0.25, -0.2) is 0 Å². The average molecular weight is 184 g/mol. The number of benzene rings is 1. The number of hydrogen-bond acceptors (Lipinski definition) is 1. The molecule has 0 atom stereocenters. The Morgan fingerprint density at radius 2 is 2.14 bits per heavy atom. The molecule has 2 rings (SSSR count). The highest BCUT2D eigenvalue weighted by molar-refractivity contribution is 5.86. The molecule has 0 unspecified atom stereocenters. The van der Waals surface area contributed by atoms with Crippen LogP contribution in [0.15, 0.2) is 24.3 Å². The molecule has 2 aromatic rings. The van der Waals surface area contributed by atoms with Gasteiger partial charge in [-0.3, -0.25) is 0 Å². The second-order valence-electron chi connectivity index (χ2n) is 3.76. The van der Waals surface area contributed by atoms with Crippen LogP contribution in [0.3, 0.4) is 0 Å². The van der Waals surface area contributed by atoms with E-state index in [1.807, 2.05) is 18.2 Å². The van der Waals surface area contributed by atoms with Gasteiger partial charge in [-0.2, -0.15) is 5.26 Å². The van der Waals surface area contributed by atoms with E-state index in [2.05, 4.69) is 31.0 Å². The summed E-state index contributed by atoms with van der Waals surface area (Å²) in [5, 5.41) is 9.95. The summed E-state index contributed by atoms with van der Waals surface area (Å²) >= 11 is 0. The molecule has 70 valence electrons. The van der Waals surface area contributed by atoms with Gasteiger partial charge in [0.25, 0.3) is 0 Å². The Kier molecular flexibility index (Phi) is 2.01. The molecule has 0 aliphatic rings. The van der Waals surface area contributed by atoms with E-state index in [1.165, 1.54) is 5.69 Å². The minimum absolute atomic E-state index is 0.467. The van der Waals surface area contributed by atoms with Gasteiger partial charge in [0.15, 0.2) is 0 Å². The molecule has 2 heteroatoms. The lowest BCUT2D eigenvalue weighted by Gasteiger charge is -1.97. The van der Waals surface area contributed by atoms with E-state index in [4.69, 9.17) is 5.26 Å². The lowest BCUT2D eigenvalue weighted by atomic mass is 10.1. The topological polar surface area (TPSA) is 39.6 Å². The summed E-state index contributed by atoms with van der Waals surface area (Å²) in [5.41, 5.74) is 2.97. The van der Waals surface area contributed by atoms with Gasteiger partial charge in [0.05, 0.1) is 11.6 Å². The van der Waals surface area contributed by atoms with Gasteiger partial charge in [0.1, 0.15) is 0 Å². The summed E-state index contributed by atoms with van der Waals surface area (Å²) in [6.45, 7) is 4.27. The second kappa shape index (κ2) is 3.19. The Balaban J connectivity index is 2.72. The molecule has 1 aromatic heterocycles. The van der Waals surface area contributed by atoms with Crippen LogP contribution in [0, 0.1) is 11.3 Å². The van der Waals surface area contributed by atoms with Crippen molar-refractivity contribution in [2.24, 2.45) is 0 Å². The first kappa shape index (κ1) is 8.83. The third kappa shape index (κ3) is 1.27. The van der Waals surface area contributed by atoms with Gasteiger partial charge in [-0.15, -0.1) is 0 Å². The maximum absolute atomic E-state index is 8.92. The zero-order chi connectivity index (χ0) is 10.1. The van der Waals surface area contributed by atoms with E-state index in [9.17, 15) is 0 Å². The highest BCUT2D eigenvalue weighted by Crippen LogP contribution is 2.23.